The van der Waals surface area contributed by atoms with E-state index in [-0.39, 0.29) is 34.5 Å². The maximum atomic E-state index is 13.4. The van der Waals surface area contributed by atoms with E-state index in [0.717, 1.165) is 12.1 Å². The van der Waals surface area contributed by atoms with Crippen LogP contribution in [-0.4, -0.2) is 24.6 Å². The number of ether oxygens (including phenoxy) is 3. The Hall–Kier alpha value is -3.26. The lowest BCUT2D eigenvalue weighted by Crippen LogP contribution is -2.09. The summed E-state index contributed by atoms with van der Waals surface area (Å²) in [6.07, 6.45) is 0.586. The summed E-state index contributed by atoms with van der Waals surface area (Å²) >= 11 is 5.87. The molecule has 1 heterocycles. The summed E-state index contributed by atoms with van der Waals surface area (Å²) in [5, 5.41) is -0.146. The van der Waals surface area contributed by atoms with Crippen molar-refractivity contribution in [3.8, 4) is 5.75 Å². The first-order valence-electron chi connectivity index (χ1n) is 7.99. The molecule has 0 N–H and O–H groups in total. The molecule has 9 heteroatoms. The normalized spacial score (nSPS) is 14.6. The van der Waals surface area contributed by atoms with Gasteiger partial charge in [0.1, 0.15) is 5.75 Å². The molecule has 28 heavy (non-hydrogen) atoms. The topological polar surface area (TPSA) is 74.2 Å². The fourth-order valence-corrected chi connectivity index (χ4v) is 2.48. The summed E-state index contributed by atoms with van der Waals surface area (Å²) in [5.41, 5.74) is 0.454. The number of carbonyl (C=O) groups excluding carboxylic acids is 2. The molecule has 0 saturated heterocycles. The second-order valence-electron chi connectivity index (χ2n) is 5.44. The second-order valence-corrected chi connectivity index (χ2v) is 5.84. The maximum Gasteiger partial charge on any atom is 0.513 e. The SMILES string of the molecule is CCOC(=O)Oc1ccc(C=C2N=C(c3cc(F)c(F)cc3Cl)OC2=O)cc1. The highest BCUT2D eigenvalue weighted by molar-refractivity contribution is 6.34. The predicted molar refractivity (Wildman–Crippen MR) is 96.1 cm³/mol. The average Bonchev–Trinajstić information content (AvgIpc) is 3.00. The smallest absolute Gasteiger partial charge is 0.434 e. The lowest BCUT2D eigenvalue weighted by atomic mass is 10.2. The number of rotatable bonds is 4. The van der Waals surface area contributed by atoms with Gasteiger partial charge in [-0.2, -0.15) is 0 Å². The van der Waals surface area contributed by atoms with Crippen molar-refractivity contribution < 1.29 is 32.6 Å². The molecule has 0 amide bonds. The Morgan fingerprint density at radius 3 is 2.57 bits per heavy atom. The molecule has 0 radical (unpaired) electrons. The summed E-state index contributed by atoms with van der Waals surface area (Å²) in [6.45, 7) is 1.84. The van der Waals surface area contributed by atoms with E-state index in [0.29, 0.717) is 5.56 Å². The van der Waals surface area contributed by atoms with E-state index < -0.39 is 23.8 Å². The van der Waals surface area contributed by atoms with Gasteiger partial charge in [0, 0.05) is 0 Å². The van der Waals surface area contributed by atoms with Crippen LogP contribution in [0.4, 0.5) is 13.6 Å². The predicted octanol–water partition coefficient (Wildman–Crippen LogP) is 4.50. The van der Waals surface area contributed by atoms with Crippen LogP contribution in [0, 0.1) is 11.6 Å². The number of aliphatic imine (C=N–C) groups is 1. The minimum Gasteiger partial charge on any atom is -0.434 e. The molecule has 0 aliphatic carbocycles. The van der Waals surface area contributed by atoms with Crippen LogP contribution in [0.1, 0.15) is 18.1 Å². The summed E-state index contributed by atoms with van der Waals surface area (Å²) < 4.78 is 41.2. The second kappa shape index (κ2) is 8.18. The highest BCUT2D eigenvalue weighted by atomic mass is 35.5. The van der Waals surface area contributed by atoms with Crippen molar-refractivity contribution in [2.45, 2.75) is 6.92 Å². The third kappa shape index (κ3) is 4.34. The fourth-order valence-electron chi connectivity index (χ4n) is 2.24. The van der Waals surface area contributed by atoms with Gasteiger partial charge in [-0.1, -0.05) is 23.7 Å². The number of hydrogen-bond donors (Lipinski definition) is 0. The van der Waals surface area contributed by atoms with E-state index in [4.69, 9.17) is 21.1 Å². The van der Waals surface area contributed by atoms with E-state index in [2.05, 4.69) is 9.73 Å². The molecule has 144 valence electrons. The van der Waals surface area contributed by atoms with E-state index in [1.807, 2.05) is 0 Å². The van der Waals surface area contributed by atoms with Gasteiger partial charge in [-0.05, 0) is 42.8 Å². The third-order valence-corrected chi connectivity index (χ3v) is 3.82. The molecule has 0 atom stereocenters. The van der Waals surface area contributed by atoms with Crippen LogP contribution in [-0.2, 0) is 14.3 Å². The lowest BCUT2D eigenvalue weighted by molar-refractivity contribution is -0.129. The maximum absolute atomic E-state index is 13.4. The van der Waals surface area contributed by atoms with Gasteiger partial charge in [0.15, 0.2) is 17.3 Å². The fraction of sp³-hybridized carbons (Fsp3) is 0.105. The van der Waals surface area contributed by atoms with Gasteiger partial charge in [-0.25, -0.2) is 23.4 Å². The van der Waals surface area contributed by atoms with Crippen LogP contribution in [0.15, 0.2) is 47.1 Å². The minimum absolute atomic E-state index is 0.0458. The Morgan fingerprint density at radius 1 is 1.21 bits per heavy atom. The van der Waals surface area contributed by atoms with Gasteiger partial charge in [0.05, 0.1) is 17.2 Å². The van der Waals surface area contributed by atoms with Crippen LogP contribution < -0.4 is 4.74 Å². The molecule has 1 aliphatic rings. The molecule has 2 aromatic carbocycles. The molecule has 0 spiro atoms. The van der Waals surface area contributed by atoms with Gasteiger partial charge in [-0.3, -0.25) is 0 Å². The Kier molecular flexibility index (Phi) is 5.70. The van der Waals surface area contributed by atoms with Crippen molar-refractivity contribution in [1.29, 1.82) is 0 Å². The minimum atomic E-state index is -1.15. The van der Waals surface area contributed by atoms with Crippen molar-refractivity contribution in [3.63, 3.8) is 0 Å². The number of benzene rings is 2. The van der Waals surface area contributed by atoms with Crippen LogP contribution in [0.5, 0.6) is 5.75 Å². The van der Waals surface area contributed by atoms with Crippen molar-refractivity contribution in [2.24, 2.45) is 4.99 Å². The summed E-state index contributed by atoms with van der Waals surface area (Å²) in [5.74, 6) is -3.02. The van der Waals surface area contributed by atoms with Crippen molar-refractivity contribution >= 4 is 35.7 Å². The van der Waals surface area contributed by atoms with Crippen molar-refractivity contribution in [1.82, 2.24) is 0 Å². The Morgan fingerprint density at radius 2 is 1.89 bits per heavy atom. The third-order valence-electron chi connectivity index (χ3n) is 3.51. The zero-order valence-corrected chi connectivity index (χ0v) is 15.1. The van der Waals surface area contributed by atoms with Gasteiger partial charge in [0.2, 0.25) is 5.90 Å². The Labute approximate surface area is 163 Å². The number of carbonyl (C=O) groups is 2. The highest BCUT2D eigenvalue weighted by Gasteiger charge is 2.26. The van der Waals surface area contributed by atoms with Crippen molar-refractivity contribution in [3.05, 3.63) is 69.9 Å². The lowest BCUT2D eigenvalue weighted by Gasteiger charge is -2.03. The number of nitrogens with zero attached hydrogens (tertiary/aromatic N) is 1. The number of cyclic esters (lactones) is 1. The van der Waals surface area contributed by atoms with Gasteiger partial charge >= 0.3 is 12.1 Å². The quantitative estimate of drug-likeness (QED) is 0.323. The largest absolute Gasteiger partial charge is 0.513 e. The molecule has 0 unspecified atom stereocenters. The van der Waals surface area contributed by atoms with Crippen LogP contribution >= 0.6 is 11.6 Å². The van der Waals surface area contributed by atoms with E-state index >= 15 is 0 Å². The molecule has 1 aliphatic heterocycles. The first-order chi connectivity index (χ1) is 13.4. The number of hydrogen-bond acceptors (Lipinski definition) is 6. The van der Waals surface area contributed by atoms with Crippen LogP contribution in [0.2, 0.25) is 5.02 Å². The molecule has 0 bridgehead atoms. The molecular formula is C19H12ClF2NO5. The Balaban J connectivity index is 1.82. The molecular weight excluding hydrogens is 396 g/mol. The Bertz CT molecular complexity index is 1000. The van der Waals surface area contributed by atoms with Crippen LogP contribution in [0.3, 0.4) is 0 Å². The monoisotopic (exact) mass is 407 g/mol. The molecule has 0 aromatic heterocycles. The zero-order chi connectivity index (χ0) is 20.3. The van der Waals surface area contributed by atoms with Crippen molar-refractivity contribution in [2.75, 3.05) is 6.61 Å². The van der Waals surface area contributed by atoms with Crippen LogP contribution in [0.25, 0.3) is 6.08 Å². The molecule has 0 saturated carbocycles. The average molecular weight is 408 g/mol. The zero-order valence-electron chi connectivity index (χ0n) is 14.4. The molecule has 3 rings (SSSR count). The molecule has 6 nitrogen and oxygen atoms in total. The summed E-state index contributed by atoms with van der Waals surface area (Å²) in [7, 11) is 0. The van der Waals surface area contributed by atoms with E-state index in [9.17, 15) is 18.4 Å². The highest BCUT2D eigenvalue weighted by Crippen LogP contribution is 2.26. The summed E-state index contributed by atoms with van der Waals surface area (Å²) in [4.78, 5) is 27.3. The standard InChI is InChI=1S/C19H12ClF2NO5/c1-2-26-19(25)27-11-5-3-10(4-6-11)7-16-18(24)28-17(23-16)12-8-14(21)15(22)9-13(12)20/h3-9H,2H2,1H3. The van der Waals surface area contributed by atoms with E-state index in [1.165, 1.54) is 18.2 Å². The van der Waals surface area contributed by atoms with E-state index in [1.54, 1.807) is 19.1 Å². The van der Waals surface area contributed by atoms with Gasteiger partial charge in [0.25, 0.3) is 0 Å². The molecule has 2 aromatic rings. The molecule has 0 fully saturated rings. The first kappa shape index (κ1) is 19.5. The van der Waals surface area contributed by atoms with Gasteiger partial charge < -0.3 is 14.2 Å². The number of esters is 1. The first-order valence-corrected chi connectivity index (χ1v) is 8.37. The number of halogens is 3. The summed E-state index contributed by atoms with van der Waals surface area (Å²) in [6, 6.07) is 7.72. The van der Waals surface area contributed by atoms with Gasteiger partial charge in [-0.15, -0.1) is 0 Å².